The largest absolute Gasteiger partial charge is 0.486 e. The van der Waals surface area contributed by atoms with Crippen molar-refractivity contribution in [3.8, 4) is 5.75 Å². The maximum Gasteiger partial charge on any atom is 0.167 e. The lowest BCUT2D eigenvalue weighted by Gasteiger charge is -2.11. The first kappa shape index (κ1) is 13.5. The summed E-state index contributed by atoms with van der Waals surface area (Å²) in [7, 11) is 0. The van der Waals surface area contributed by atoms with Gasteiger partial charge < -0.3 is 4.74 Å². The molecule has 0 spiro atoms. The maximum atomic E-state index is 13.8. The lowest BCUT2D eigenvalue weighted by Crippen LogP contribution is -2.03. The maximum absolute atomic E-state index is 13.8. The molecule has 1 heterocycles. The van der Waals surface area contributed by atoms with Crippen LogP contribution < -0.4 is 4.74 Å². The van der Waals surface area contributed by atoms with Crippen LogP contribution in [0.2, 0.25) is 4.34 Å². The van der Waals surface area contributed by atoms with E-state index in [1.165, 1.54) is 12.1 Å². The van der Waals surface area contributed by atoms with Crippen LogP contribution in [0.15, 0.2) is 12.1 Å². The molecule has 0 aliphatic heterocycles. The normalized spacial score (nSPS) is 17.4. The summed E-state index contributed by atoms with van der Waals surface area (Å²) in [5.74, 6) is -0.200. The van der Waals surface area contributed by atoms with Crippen molar-refractivity contribution < 1.29 is 13.9 Å². The number of hydrogen-bond donors (Lipinski definition) is 0. The van der Waals surface area contributed by atoms with Gasteiger partial charge in [-0.15, -0.1) is 5.10 Å². The van der Waals surface area contributed by atoms with E-state index in [2.05, 4.69) is 9.59 Å². The third-order valence-electron chi connectivity index (χ3n) is 3.29. The number of carbonyl (C=O) groups is 1. The second-order valence-corrected chi connectivity index (χ2v) is 6.00. The molecule has 4 nitrogen and oxygen atoms in total. The Morgan fingerprint density at radius 1 is 1.55 bits per heavy atom. The van der Waals surface area contributed by atoms with Gasteiger partial charge in [0.2, 0.25) is 0 Å². The molecule has 1 aromatic carbocycles. The first-order valence-electron chi connectivity index (χ1n) is 6.03. The summed E-state index contributed by atoms with van der Waals surface area (Å²) in [6.45, 7) is 1.94. The molecule has 0 fully saturated rings. The first-order chi connectivity index (χ1) is 9.58. The van der Waals surface area contributed by atoms with E-state index in [9.17, 15) is 9.18 Å². The molecule has 0 radical (unpaired) electrons. The monoisotopic (exact) mass is 312 g/mol. The Hall–Kier alpha value is -1.53. The van der Waals surface area contributed by atoms with E-state index in [1.54, 1.807) is 0 Å². The van der Waals surface area contributed by atoms with Crippen LogP contribution >= 0.6 is 23.1 Å². The molecule has 1 aliphatic rings. The van der Waals surface area contributed by atoms with Crippen molar-refractivity contribution in [2.45, 2.75) is 25.9 Å². The van der Waals surface area contributed by atoms with Crippen LogP contribution in [0.4, 0.5) is 4.39 Å². The molecule has 0 saturated heterocycles. The topological polar surface area (TPSA) is 52.1 Å². The van der Waals surface area contributed by atoms with E-state index in [-0.39, 0.29) is 24.1 Å². The molecule has 0 bridgehead atoms. The second kappa shape index (κ2) is 5.10. The third kappa shape index (κ3) is 2.19. The Labute approximate surface area is 123 Å². The molecule has 3 rings (SSSR count). The number of aromatic nitrogens is 2. The average Bonchev–Trinajstić information content (AvgIpc) is 2.94. The van der Waals surface area contributed by atoms with Gasteiger partial charge >= 0.3 is 0 Å². The zero-order chi connectivity index (χ0) is 14.3. The fourth-order valence-electron chi connectivity index (χ4n) is 2.38. The molecule has 104 valence electrons. The van der Waals surface area contributed by atoms with Crippen LogP contribution in [0, 0.1) is 5.82 Å². The molecular weight excluding hydrogens is 303 g/mol. The van der Waals surface area contributed by atoms with Crippen molar-refractivity contribution in [3.63, 3.8) is 0 Å². The number of nitrogens with zero attached hydrogens (tertiary/aromatic N) is 2. The summed E-state index contributed by atoms with van der Waals surface area (Å²) in [5, 5.41) is 3.83. The van der Waals surface area contributed by atoms with Gasteiger partial charge in [0, 0.05) is 23.5 Å². The van der Waals surface area contributed by atoms with Gasteiger partial charge in [-0.2, -0.15) is 0 Å². The van der Waals surface area contributed by atoms with Crippen LogP contribution in [0.3, 0.4) is 0 Å². The third-order valence-corrected chi connectivity index (χ3v) is 4.28. The predicted molar refractivity (Wildman–Crippen MR) is 73.0 cm³/mol. The summed E-state index contributed by atoms with van der Waals surface area (Å²) < 4.78 is 23.6. The highest BCUT2D eigenvalue weighted by Crippen LogP contribution is 2.40. The van der Waals surface area contributed by atoms with Gasteiger partial charge in [0.15, 0.2) is 5.78 Å². The smallest absolute Gasteiger partial charge is 0.167 e. The molecule has 0 unspecified atom stereocenters. The van der Waals surface area contributed by atoms with Gasteiger partial charge in [-0.1, -0.05) is 23.0 Å². The Morgan fingerprint density at radius 3 is 3.05 bits per heavy atom. The van der Waals surface area contributed by atoms with Crippen LogP contribution in [0.1, 0.15) is 40.9 Å². The van der Waals surface area contributed by atoms with E-state index in [0.717, 1.165) is 11.5 Å². The molecule has 0 saturated carbocycles. The Bertz CT molecular complexity index is 689. The standard InChI is InChI=1S/C13H10ClFN2O2S/c1-6-4-9(18)12-10(3-2-7(15)11(6)12)19-5-8-13(14)20-17-16-8/h2-3,6H,4-5H2,1H3/t6-/m1/s1. The highest BCUT2D eigenvalue weighted by molar-refractivity contribution is 7.10. The summed E-state index contributed by atoms with van der Waals surface area (Å²) in [6.07, 6.45) is 0.311. The Balaban J connectivity index is 1.92. The first-order valence-corrected chi connectivity index (χ1v) is 7.18. The average molecular weight is 313 g/mol. The number of benzene rings is 1. The van der Waals surface area contributed by atoms with Gasteiger partial charge in [-0.05, 0) is 18.1 Å². The fourth-order valence-corrected chi connectivity index (χ4v) is 2.98. The molecule has 20 heavy (non-hydrogen) atoms. The SMILES string of the molecule is C[C@@H]1CC(=O)c2c(OCc3nnsc3Cl)ccc(F)c21. The van der Waals surface area contributed by atoms with Crippen LogP contribution in [-0.4, -0.2) is 15.4 Å². The lowest BCUT2D eigenvalue weighted by molar-refractivity contribution is 0.0986. The van der Waals surface area contributed by atoms with E-state index in [0.29, 0.717) is 33.3 Å². The quantitative estimate of drug-likeness (QED) is 0.869. The summed E-state index contributed by atoms with van der Waals surface area (Å²) >= 11 is 6.95. The lowest BCUT2D eigenvalue weighted by atomic mass is 10.0. The molecule has 2 aromatic rings. The van der Waals surface area contributed by atoms with E-state index in [1.807, 2.05) is 6.92 Å². The van der Waals surface area contributed by atoms with Crippen molar-refractivity contribution in [3.05, 3.63) is 39.1 Å². The second-order valence-electron chi connectivity index (χ2n) is 4.64. The fraction of sp³-hybridized carbons (Fsp3) is 0.308. The number of carbonyl (C=O) groups excluding carboxylic acids is 1. The summed E-state index contributed by atoms with van der Waals surface area (Å²) in [4.78, 5) is 12.0. The summed E-state index contributed by atoms with van der Waals surface area (Å²) in [5.41, 5.74) is 1.29. The molecule has 1 atom stereocenters. The van der Waals surface area contributed by atoms with Crippen molar-refractivity contribution in [1.29, 1.82) is 0 Å². The van der Waals surface area contributed by atoms with Gasteiger partial charge in [0.1, 0.15) is 28.2 Å². The number of rotatable bonds is 3. The van der Waals surface area contributed by atoms with Gasteiger partial charge in [0.05, 0.1) is 5.56 Å². The van der Waals surface area contributed by atoms with Gasteiger partial charge in [0.25, 0.3) is 0 Å². The minimum Gasteiger partial charge on any atom is -0.486 e. The van der Waals surface area contributed by atoms with Gasteiger partial charge in [-0.3, -0.25) is 4.79 Å². The van der Waals surface area contributed by atoms with Crippen molar-refractivity contribution in [1.82, 2.24) is 9.59 Å². The minimum absolute atomic E-state index is 0.0931. The Morgan fingerprint density at radius 2 is 2.35 bits per heavy atom. The summed E-state index contributed by atoms with van der Waals surface area (Å²) in [6, 6.07) is 2.79. The van der Waals surface area contributed by atoms with Crippen molar-refractivity contribution in [2.24, 2.45) is 0 Å². The number of halogens is 2. The van der Waals surface area contributed by atoms with Crippen LogP contribution in [0.5, 0.6) is 5.75 Å². The molecule has 0 N–H and O–H groups in total. The predicted octanol–water partition coefficient (Wildman–Crippen LogP) is 3.60. The van der Waals surface area contributed by atoms with E-state index in [4.69, 9.17) is 16.3 Å². The highest BCUT2D eigenvalue weighted by atomic mass is 35.5. The number of ketones is 1. The number of fused-ring (bicyclic) bond motifs is 1. The molecule has 1 aliphatic carbocycles. The molecular formula is C13H10ClFN2O2S. The zero-order valence-corrected chi connectivity index (χ0v) is 12.1. The molecule has 0 amide bonds. The number of ether oxygens (including phenoxy) is 1. The van der Waals surface area contributed by atoms with Crippen molar-refractivity contribution >= 4 is 28.9 Å². The van der Waals surface area contributed by atoms with Crippen LogP contribution in [-0.2, 0) is 6.61 Å². The number of Topliss-reactive ketones (excluding diaryl/α,β-unsaturated/α-hetero) is 1. The van der Waals surface area contributed by atoms with Crippen molar-refractivity contribution in [2.75, 3.05) is 0 Å². The number of hydrogen-bond acceptors (Lipinski definition) is 5. The molecule has 1 aromatic heterocycles. The highest BCUT2D eigenvalue weighted by Gasteiger charge is 2.32. The Kier molecular flexibility index (Phi) is 3.43. The van der Waals surface area contributed by atoms with Gasteiger partial charge in [-0.25, -0.2) is 4.39 Å². The van der Waals surface area contributed by atoms with E-state index >= 15 is 0 Å². The minimum atomic E-state index is -0.362. The van der Waals surface area contributed by atoms with Crippen LogP contribution in [0.25, 0.3) is 0 Å². The van der Waals surface area contributed by atoms with E-state index < -0.39 is 0 Å². The zero-order valence-electron chi connectivity index (χ0n) is 10.5. The molecule has 7 heteroatoms.